The lowest BCUT2D eigenvalue weighted by Gasteiger charge is -2.24. The van der Waals surface area contributed by atoms with Crippen LogP contribution in [-0.4, -0.2) is 47.0 Å². The van der Waals surface area contributed by atoms with Gasteiger partial charge in [-0.15, -0.1) is 0 Å². The molecule has 2 atom stereocenters. The summed E-state index contributed by atoms with van der Waals surface area (Å²) in [6, 6.07) is 12.7. The zero-order valence-electron chi connectivity index (χ0n) is 24.0. The van der Waals surface area contributed by atoms with Gasteiger partial charge < -0.3 is 15.0 Å². The van der Waals surface area contributed by atoms with Crippen LogP contribution in [0.5, 0.6) is 0 Å². The lowest BCUT2D eigenvalue weighted by molar-refractivity contribution is 0.0915. The summed E-state index contributed by atoms with van der Waals surface area (Å²) in [5, 5.41) is 12.9. The summed E-state index contributed by atoms with van der Waals surface area (Å²) in [6.07, 6.45) is 8.11. The van der Waals surface area contributed by atoms with Crippen LogP contribution >= 0.6 is 0 Å². The lowest BCUT2D eigenvalue weighted by Crippen LogP contribution is -2.35. The van der Waals surface area contributed by atoms with Gasteiger partial charge in [0.1, 0.15) is 5.82 Å². The van der Waals surface area contributed by atoms with Crippen LogP contribution in [0.3, 0.4) is 0 Å². The van der Waals surface area contributed by atoms with E-state index in [1.54, 1.807) is 32.0 Å². The van der Waals surface area contributed by atoms with E-state index in [0.717, 1.165) is 34.0 Å². The molecule has 0 saturated heterocycles. The molecule has 1 aromatic heterocycles. The molecule has 0 bridgehead atoms. The first kappa shape index (κ1) is 29.3. The Labute approximate surface area is 241 Å². The molecule has 2 heterocycles. The first-order valence-electron chi connectivity index (χ1n) is 14.5. The largest absolute Gasteiger partial charge is 0.396 e. The minimum absolute atomic E-state index is 0.157. The third kappa shape index (κ3) is 5.40. The molecule has 1 saturated carbocycles. The molecule has 3 aromatic rings. The molecule has 41 heavy (non-hydrogen) atoms. The highest BCUT2D eigenvalue weighted by molar-refractivity contribution is 7.93. The second-order valence-corrected chi connectivity index (χ2v) is 14.3. The predicted octanol–water partition coefficient (Wildman–Crippen LogP) is 5.82. The summed E-state index contributed by atoms with van der Waals surface area (Å²) in [4.78, 5) is 14.5. The van der Waals surface area contributed by atoms with Crippen molar-refractivity contribution in [3.8, 4) is 0 Å². The third-order valence-corrected chi connectivity index (χ3v) is 11.9. The fourth-order valence-electron chi connectivity index (χ4n) is 6.21. The smallest absolute Gasteiger partial charge is 0.182 e. The highest BCUT2D eigenvalue weighted by Gasteiger charge is 2.55. The maximum atomic E-state index is 14.9. The molecule has 1 aliphatic heterocycles. The van der Waals surface area contributed by atoms with Gasteiger partial charge in [0.2, 0.25) is 0 Å². The number of rotatable bonds is 12. The van der Waals surface area contributed by atoms with E-state index >= 15 is 0 Å². The average Bonchev–Trinajstić information content (AvgIpc) is 3.70. The van der Waals surface area contributed by atoms with Crippen LogP contribution in [0.25, 0.3) is 16.5 Å². The van der Waals surface area contributed by atoms with E-state index in [4.69, 9.17) is 0 Å². The fraction of sp³-hybridized carbons (Fsp3) is 0.424. The minimum Gasteiger partial charge on any atom is -0.396 e. The molecule has 2 N–H and O–H groups in total. The van der Waals surface area contributed by atoms with Crippen LogP contribution in [-0.2, 0) is 22.8 Å². The van der Waals surface area contributed by atoms with Gasteiger partial charge in [-0.2, -0.15) is 0 Å². The van der Waals surface area contributed by atoms with Crippen molar-refractivity contribution in [2.75, 3.05) is 13.2 Å². The zero-order valence-corrected chi connectivity index (χ0v) is 24.8. The average molecular weight is 579 g/mol. The van der Waals surface area contributed by atoms with E-state index in [-0.39, 0.29) is 37.6 Å². The molecule has 5 rings (SSSR count). The number of aryl methyl sites for hydroxylation is 1. The number of fused-ring (bicyclic) bond motifs is 1. The van der Waals surface area contributed by atoms with Crippen LogP contribution in [0.15, 0.2) is 60.8 Å². The molecule has 0 amide bonds. The Morgan fingerprint density at radius 3 is 2.56 bits per heavy atom. The van der Waals surface area contributed by atoms with Crippen molar-refractivity contribution >= 4 is 32.1 Å². The number of benzene rings is 2. The second-order valence-electron chi connectivity index (χ2n) is 11.6. The van der Waals surface area contributed by atoms with Gasteiger partial charge in [-0.3, -0.25) is 4.79 Å². The Morgan fingerprint density at radius 2 is 1.93 bits per heavy atom. The van der Waals surface area contributed by atoms with Gasteiger partial charge in [0.05, 0.1) is 22.2 Å². The molecule has 1 aliphatic carbocycles. The number of carbonyl (C=O) groups is 1. The Hall–Kier alpha value is -3.23. The van der Waals surface area contributed by atoms with Gasteiger partial charge >= 0.3 is 0 Å². The number of hydrogen-bond donors (Lipinski definition) is 2. The fourth-order valence-corrected chi connectivity index (χ4v) is 8.65. The van der Waals surface area contributed by atoms with Crippen LogP contribution in [0.1, 0.15) is 73.6 Å². The van der Waals surface area contributed by atoms with E-state index < -0.39 is 25.8 Å². The van der Waals surface area contributed by atoms with Crippen LogP contribution < -0.4 is 5.32 Å². The number of Topliss-reactive ketones (excluding diaryl/α,β-unsaturated/α-hetero) is 1. The van der Waals surface area contributed by atoms with E-state index in [1.807, 2.05) is 35.1 Å². The van der Waals surface area contributed by atoms with Gasteiger partial charge in [0.25, 0.3) is 0 Å². The summed E-state index contributed by atoms with van der Waals surface area (Å²) in [7, 11) is -3.53. The summed E-state index contributed by atoms with van der Waals surface area (Å²) < 4.78 is 42.9. The Balaban J connectivity index is 1.63. The number of ketones is 1. The van der Waals surface area contributed by atoms with Crippen molar-refractivity contribution in [2.45, 2.75) is 69.4 Å². The highest BCUT2D eigenvalue weighted by atomic mass is 32.2. The van der Waals surface area contributed by atoms with Crippen LogP contribution in [0, 0.1) is 11.7 Å². The number of halogens is 1. The lowest BCUT2D eigenvalue weighted by atomic mass is 9.92. The maximum Gasteiger partial charge on any atom is 0.182 e. The Morgan fingerprint density at radius 1 is 1.17 bits per heavy atom. The molecular weight excluding hydrogens is 539 g/mol. The number of nitrogens with zero attached hydrogens (tertiary/aromatic N) is 1. The number of aliphatic hydroxyl groups excluding tert-OH is 1. The van der Waals surface area contributed by atoms with Crippen molar-refractivity contribution in [3.05, 3.63) is 89.0 Å². The molecule has 6 nitrogen and oxygen atoms in total. The number of aliphatic hydroxyl groups is 1. The second kappa shape index (κ2) is 11.6. The number of aromatic nitrogens is 1. The molecule has 2 aromatic carbocycles. The molecule has 2 unspecified atom stereocenters. The van der Waals surface area contributed by atoms with E-state index in [9.17, 15) is 22.7 Å². The van der Waals surface area contributed by atoms with Crippen LogP contribution in [0.2, 0.25) is 0 Å². The highest BCUT2D eigenvalue weighted by Crippen LogP contribution is 2.49. The molecule has 0 spiro atoms. The molecule has 0 radical (unpaired) electrons. The number of allylic oxidation sites excluding steroid dienone is 2. The Bertz CT molecular complexity index is 1630. The standard InChI is InChI=1S/C33H39FN2O4S/c1-4-24-11-12-29-27(19-24)30(25-9-7-16-35-20-25)31(36(29)21-26-8-5-6-10-28(26)34)32(38)22(2)18-23(3)41(39,40)33(13-14-33)15-17-37/h5-12,16,19,22-23,35,37H,4,13-15,17-18,20-21H2,1-3H3. The number of carbonyl (C=O) groups excluding carboxylic acids is 1. The van der Waals surface area contributed by atoms with Gasteiger partial charge in [-0.05, 0) is 80.6 Å². The van der Waals surface area contributed by atoms with Crippen molar-refractivity contribution in [2.24, 2.45) is 5.92 Å². The summed E-state index contributed by atoms with van der Waals surface area (Å²) >= 11 is 0. The molecule has 2 aliphatic rings. The third-order valence-electron chi connectivity index (χ3n) is 8.82. The van der Waals surface area contributed by atoms with E-state index in [0.29, 0.717) is 30.6 Å². The van der Waals surface area contributed by atoms with Crippen molar-refractivity contribution in [1.82, 2.24) is 9.88 Å². The quantitative estimate of drug-likeness (QED) is 0.265. The van der Waals surface area contributed by atoms with Gasteiger partial charge in [-0.25, -0.2) is 12.8 Å². The number of nitrogens with one attached hydrogen (secondary N) is 1. The summed E-state index contributed by atoms with van der Waals surface area (Å²) in [5.41, 5.74) is 4.69. The van der Waals surface area contributed by atoms with Crippen molar-refractivity contribution in [1.29, 1.82) is 0 Å². The zero-order chi connectivity index (χ0) is 29.4. The topological polar surface area (TPSA) is 88.4 Å². The van der Waals surface area contributed by atoms with Crippen molar-refractivity contribution in [3.63, 3.8) is 0 Å². The SMILES string of the molecule is CCc1ccc2c(c1)c(C1=CC=CNC1)c(C(=O)C(C)CC(C)S(=O)(=O)C1(CCO)CC1)n2Cc1ccccc1F. The monoisotopic (exact) mass is 578 g/mol. The Kier molecular flexibility index (Phi) is 8.26. The van der Waals surface area contributed by atoms with Gasteiger partial charge in [0.15, 0.2) is 15.6 Å². The molecule has 218 valence electrons. The van der Waals surface area contributed by atoms with E-state index in [2.05, 4.69) is 18.3 Å². The van der Waals surface area contributed by atoms with Crippen LogP contribution in [0.4, 0.5) is 4.39 Å². The predicted molar refractivity (Wildman–Crippen MR) is 162 cm³/mol. The molecule has 1 fully saturated rings. The first-order valence-corrected chi connectivity index (χ1v) is 16.0. The number of dihydropyridines is 1. The summed E-state index contributed by atoms with van der Waals surface area (Å²) in [5.74, 6) is -1.09. The molecule has 8 heteroatoms. The van der Waals surface area contributed by atoms with Gasteiger partial charge in [-0.1, -0.05) is 44.2 Å². The van der Waals surface area contributed by atoms with Gasteiger partial charge in [0, 0.05) is 41.1 Å². The number of hydrogen-bond acceptors (Lipinski definition) is 5. The summed E-state index contributed by atoms with van der Waals surface area (Å²) in [6.45, 7) is 6.09. The van der Waals surface area contributed by atoms with E-state index in [1.165, 1.54) is 6.07 Å². The number of sulfone groups is 1. The molecular formula is C33H39FN2O4S. The first-order chi connectivity index (χ1) is 19.6. The maximum absolute atomic E-state index is 14.9. The minimum atomic E-state index is -3.53. The normalized spacial score (nSPS) is 17.6. The van der Waals surface area contributed by atoms with Crippen molar-refractivity contribution < 1.29 is 22.7 Å².